The van der Waals surface area contributed by atoms with Gasteiger partial charge in [-0.25, -0.2) is 0 Å². The summed E-state index contributed by atoms with van der Waals surface area (Å²) in [7, 11) is 0. The molecule has 1 aromatic heterocycles. The third-order valence-electron chi connectivity index (χ3n) is 3.29. The van der Waals surface area contributed by atoms with Crippen molar-refractivity contribution in [3.8, 4) is 0 Å². The van der Waals surface area contributed by atoms with Gasteiger partial charge in [-0.05, 0) is 43.5 Å². The van der Waals surface area contributed by atoms with Crippen molar-refractivity contribution in [2.24, 2.45) is 0 Å². The van der Waals surface area contributed by atoms with Crippen LogP contribution in [0.4, 0.5) is 0 Å². The predicted molar refractivity (Wildman–Crippen MR) is 63.2 cm³/mol. The highest BCUT2D eigenvalue weighted by atomic mass is 14.9. The van der Waals surface area contributed by atoms with Gasteiger partial charge in [-0.3, -0.25) is 0 Å². The van der Waals surface area contributed by atoms with Gasteiger partial charge in [0.1, 0.15) is 0 Å². The lowest BCUT2D eigenvalue weighted by Crippen LogP contribution is -2.31. The normalized spacial score (nSPS) is 21.3. The van der Waals surface area contributed by atoms with Crippen LogP contribution in [0, 0.1) is 0 Å². The Morgan fingerprint density at radius 1 is 1.27 bits per heavy atom. The summed E-state index contributed by atoms with van der Waals surface area (Å²) in [5.74, 6) is 0. The maximum absolute atomic E-state index is 3.54. The van der Waals surface area contributed by atoms with Gasteiger partial charge < -0.3 is 10.3 Å². The number of rotatable bonds is 0. The van der Waals surface area contributed by atoms with E-state index < -0.39 is 0 Å². The molecule has 2 N–H and O–H groups in total. The molecule has 1 aliphatic heterocycles. The van der Waals surface area contributed by atoms with Crippen LogP contribution in [0.2, 0.25) is 0 Å². The molecule has 3 rings (SSSR count). The van der Waals surface area contributed by atoms with Gasteiger partial charge >= 0.3 is 0 Å². The van der Waals surface area contributed by atoms with E-state index in [-0.39, 0.29) is 0 Å². The summed E-state index contributed by atoms with van der Waals surface area (Å²) < 4.78 is 0. The van der Waals surface area contributed by atoms with Crippen molar-refractivity contribution < 1.29 is 0 Å². The largest absolute Gasteiger partial charge is 0.361 e. The van der Waals surface area contributed by atoms with E-state index >= 15 is 0 Å². The maximum atomic E-state index is 3.54. The van der Waals surface area contributed by atoms with Gasteiger partial charge in [-0.1, -0.05) is 12.1 Å². The Hall–Kier alpha value is -1.28. The first-order valence-electron chi connectivity index (χ1n) is 5.66. The number of aromatic nitrogens is 1. The number of benzene rings is 1. The number of hydrogen-bond acceptors (Lipinski definition) is 1. The maximum Gasteiger partial charge on any atom is 0.0459 e. The molecule has 1 aliphatic rings. The standard InChI is InChI=1S/C13H16N2/c1-9-7-11-8-15-12-4-2-3-10(13(11)12)5-6-14-9/h2-4,8-9,14-15H,5-7H2,1H3. The second kappa shape index (κ2) is 3.38. The molecular formula is C13H16N2. The van der Waals surface area contributed by atoms with Crippen LogP contribution in [0.3, 0.4) is 0 Å². The van der Waals surface area contributed by atoms with Crippen LogP contribution < -0.4 is 5.32 Å². The Balaban J connectivity index is 2.23. The highest BCUT2D eigenvalue weighted by Crippen LogP contribution is 2.25. The number of H-pyrrole nitrogens is 1. The average molecular weight is 200 g/mol. The minimum Gasteiger partial charge on any atom is -0.361 e. The summed E-state index contributed by atoms with van der Waals surface area (Å²) in [6.45, 7) is 3.34. The van der Waals surface area contributed by atoms with Crippen molar-refractivity contribution in [2.75, 3.05) is 6.54 Å². The number of hydrogen-bond donors (Lipinski definition) is 2. The van der Waals surface area contributed by atoms with Crippen molar-refractivity contribution in [1.29, 1.82) is 0 Å². The summed E-state index contributed by atoms with van der Waals surface area (Å²) in [4.78, 5) is 3.37. The fourth-order valence-electron chi connectivity index (χ4n) is 2.56. The summed E-state index contributed by atoms with van der Waals surface area (Å²) in [5, 5.41) is 5.01. The Morgan fingerprint density at radius 3 is 3.13 bits per heavy atom. The molecule has 2 heterocycles. The van der Waals surface area contributed by atoms with E-state index in [2.05, 4.69) is 41.6 Å². The quantitative estimate of drug-likeness (QED) is 0.670. The minimum absolute atomic E-state index is 0.581. The lowest BCUT2D eigenvalue weighted by molar-refractivity contribution is 0.546. The Kier molecular flexibility index (Phi) is 2.03. The molecule has 0 aliphatic carbocycles. The molecule has 1 atom stereocenters. The number of nitrogens with one attached hydrogen (secondary N) is 2. The van der Waals surface area contributed by atoms with Crippen molar-refractivity contribution >= 4 is 10.9 Å². The van der Waals surface area contributed by atoms with Crippen LogP contribution in [0.5, 0.6) is 0 Å². The summed E-state index contributed by atoms with van der Waals surface area (Å²) in [6.07, 6.45) is 4.42. The molecule has 2 aromatic rings. The van der Waals surface area contributed by atoms with Crippen LogP contribution in [0.25, 0.3) is 10.9 Å². The summed E-state index contributed by atoms with van der Waals surface area (Å²) >= 11 is 0. The van der Waals surface area contributed by atoms with E-state index in [1.807, 2.05) is 0 Å². The van der Waals surface area contributed by atoms with E-state index in [1.165, 1.54) is 22.0 Å². The van der Waals surface area contributed by atoms with Crippen LogP contribution in [-0.4, -0.2) is 17.6 Å². The molecule has 0 spiro atoms. The van der Waals surface area contributed by atoms with Crippen LogP contribution in [0.15, 0.2) is 24.4 Å². The van der Waals surface area contributed by atoms with E-state index in [9.17, 15) is 0 Å². The highest BCUT2D eigenvalue weighted by molar-refractivity contribution is 5.86. The van der Waals surface area contributed by atoms with Gasteiger partial charge in [0.05, 0.1) is 0 Å². The third kappa shape index (κ3) is 1.45. The summed E-state index contributed by atoms with van der Waals surface area (Å²) in [5.41, 5.74) is 4.22. The van der Waals surface area contributed by atoms with Crippen molar-refractivity contribution in [1.82, 2.24) is 10.3 Å². The molecule has 0 fully saturated rings. The zero-order valence-electron chi connectivity index (χ0n) is 9.01. The zero-order chi connectivity index (χ0) is 10.3. The molecule has 2 nitrogen and oxygen atoms in total. The molecule has 1 unspecified atom stereocenters. The average Bonchev–Trinajstić information content (AvgIpc) is 2.60. The molecule has 2 heteroatoms. The van der Waals surface area contributed by atoms with E-state index in [0.717, 1.165) is 19.4 Å². The second-order valence-electron chi connectivity index (χ2n) is 4.46. The number of aromatic amines is 1. The van der Waals surface area contributed by atoms with Gasteiger partial charge in [0.2, 0.25) is 0 Å². The lowest BCUT2D eigenvalue weighted by atomic mass is 9.98. The fraction of sp³-hybridized carbons (Fsp3) is 0.385. The zero-order valence-corrected chi connectivity index (χ0v) is 9.01. The van der Waals surface area contributed by atoms with Gasteiger partial charge in [0, 0.05) is 23.1 Å². The van der Waals surface area contributed by atoms with E-state index in [4.69, 9.17) is 0 Å². The Labute approximate surface area is 89.7 Å². The molecule has 0 saturated carbocycles. The van der Waals surface area contributed by atoms with Gasteiger partial charge in [-0.15, -0.1) is 0 Å². The topological polar surface area (TPSA) is 27.8 Å². The SMILES string of the molecule is CC1Cc2c[nH]c3cccc(c23)CCN1. The molecule has 0 saturated heterocycles. The van der Waals surface area contributed by atoms with Crippen LogP contribution >= 0.6 is 0 Å². The van der Waals surface area contributed by atoms with Crippen LogP contribution in [0.1, 0.15) is 18.1 Å². The molecule has 1 aromatic carbocycles. The molecular weight excluding hydrogens is 184 g/mol. The van der Waals surface area contributed by atoms with Crippen molar-refractivity contribution in [2.45, 2.75) is 25.8 Å². The van der Waals surface area contributed by atoms with Gasteiger partial charge in [0.15, 0.2) is 0 Å². The van der Waals surface area contributed by atoms with Crippen molar-refractivity contribution in [3.63, 3.8) is 0 Å². The first-order valence-corrected chi connectivity index (χ1v) is 5.66. The molecule has 78 valence electrons. The first-order chi connectivity index (χ1) is 7.34. The monoisotopic (exact) mass is 200 g/mol. The smallest absolute Gasteiger partial charge is 0.0459 e. The first kappa shape index (κ1) is 8.98. The van der Waals surface area contributed by atoms with Gasteiger partial charge in [-0.2, -0.15) is 0 Å². The van der Waals surface area contributed by atoms with Crippen LogP contribution in [-0.2, 0) is 12.8 Å². The fourth-order valence-corrected chi connectivity index (χ4v) is 2.56. The minimum atomic E-state index is 0.581. The molecule has 15 heavy (non-hydrogen) atoms. The van der Waals surface area contributed by atoms with E-state index in [0.29, 0.717) is 6.04 Å². The van der Waals surface area contributed by atoms with Crippen molar-refractivity contribution in [3.05, 3.63) is 35.5 Å². The summed E-state index contributed by atoms with van der Waals surface area (Å²) in [6, 6.07) is 7.14. The van der Waals surface area contributed by atoms with E-state index in [1.54, 1.807) is 0 Å². The lowest BCUT2D eigenvalue weighted by Gasteiger charge is -2.17. The highest BCUT2D eigenvalue weighted by Gasteiger charge is 2.13. The third-order valence-corrected chi connectivity index (χ3v) is 3.29. The second-order valence-corrected chi connectivity index (χ2v) is 4.46. The Morgan fingerprint density at radius 2 is 2.20 bits per heavy atom. The molecule has 0 radical (unpaired) electrons. The Bertz CT molecular complexity index is 484. The molecule has 0 bridgehead atoms. The predicted octanol–water partition coefficient (Wildman–Crippen LogP) is 2.24. The van der Waals surface area contributed by atoms with Gasteiger partial charge in [0.25, 0.3) is 0 Å². The molecule has 0 amide bonds.